The van der Waals surface area contributed by atoms with Gasteiger partial charge >= 0.3 is 6.03 Å². The van der Waals surface area contributed by atoms with Crippen molar-refractivity contribution in [1.82, 2.24) is 14.5 Å². The predicted octanol–water partition coefficient (Wildman–Crippen LogP) is 5.93. The number of carbonyl (C=O) groups excluding carboxylic acids is 1. The average Bonchev–Trinajstić information content (AvgIpc) is 3.25. The molecule has 0 radical (unpaired) electrons. The van der Waals surface area contributed by atoms with Gasteiger partial charge < -0.3 is 20.9 Å². The first-order chi connectivity index (χ1) is 16.5. The molecule has 0 unspecified atom stereocenters. The van der Waals surface area contributed by atoms with Crippen molar-refractivity contribution in [3.05, 3.63) is 96.4 Å². The lowest BCUT2D eigenvalue weighted by Gasteiger charge is -2.11. The molecule has 0 fully saturated rings. The van der Waals surface area contributed by atoms with Crippen LogP contribution in [0, 0.1) is 13.8 Å². The third-order valence-electron chi connectivity index (χ3n) is 5.83. The molecule has 4 N–H and O–H groups in total. The summed E-state index contributed by atoms with van der Waals surface area (Å²) in [7, 11) is 0. The van der Waals surface area contributed by atoms with Crippen LogP contribution >= 0.6 is 0 Å². The third-order valence-corrected chi connectivity index (χ3v) is 5.83. The SMILES string of the molecule is Cc1ccc(NC(=O)Nc2cccc(-c3ccc4ccn(-c5cc(N)ncn5)c4c3)c2)cc1C. The van der Waals surface area contributed by atoms with Crippen molar-refractivity contribution in [1.29, 1.82) is 0 Å². The quantitative estimate of drug-likeness (QED) is 0.317. The maximum atomic E-state index is 12.5. The number of rotatable bonds is 4. The van der Waals surface area contributed by atoms with Gasteiger partial charge in [0.15, 0.2) is 0 Å². The lowest BCUT2D eigenvalue weighted by molar-refractivity contribution is 0.262. The van der Waals surface area contributed by atoms with E-state index >= 15 is 0 Å². The smallest absolute Gasteiger partial charge is 0.323 e. The van der Waals surface area contributed by atoms with E-state index in [-0.39, 0.29) is 6.03 Å². The Morgan fingerprint density at radius 1 is 0.824 bits per heavy atom. The van der Waals surface area contributed by atoms with Gasteiger partial charge in [0.2, 0.25) is 0 Å². The molecular weight excluding hydrogens is 424 g/mol. The molecule has 2 aromatic heterocycles. The Labute approximate surface area is 197 Å². The lowest BCUT2D eigenvalue weighted by atomic mass is 10.0. The van der Waals surface area contributed by atoms with Gasteiger partial charge in [0.1, 0.15) is 18.0 Å². The first-order valence-corrected chi connectivity index (χ1v) is 10.9. The molecule has 0 saturated heterocycles. The molecule has 0 aliphatic carbocycles. The van der Waals surface area contributed by atoms with Crippen LogP contribution in [0.3, 0.4) is 0 Å². The Kier molecular flexibility index (Phi) is 5.43. The molecule has 34 heavy (non-hydrogen) atoms. The number of benzene rings is 3. The summed E-state index contributed by atoms with van der Waals surface area (Å²) < 4.78 is 1.98. The van der Waals surface area contributed by atoms with Gasteiger partial charge in [-0.3, -0.25) is 0 Å². The number of amides is 2. The van der Waals surface area contributed by atoms with Crippen LogP contribution in [0.4, 0.5) is 22.0 Å². The van der Waals surface area contributed by atoms with Gasteiger partial charge in [0.25, 0.3) is 0 Å². The second kappa shape index (κ2) is 8.71. The number of urea groups is 1. The van der Waals surface area contributed by atoms with E-state index in [1.807, 2.05) is 73.1 Å². The summed E-state index contributed by atoms with van der Waals surface area (Å²) in [5.41, 5.74) is 12.6. The van der Waals surface area contributed by atoms with Gasteiger partial charge in [-0.25, -0.2) is 14.8 Å². The number of nitrogens with zero attached hydrogens (tertiary/aromatic N) is 3. The van der Waals surface area contributed by atoms with E-state index in [1.54, 1.807) is 6.07 Å². The summed E-state index contributed by atoms with van der Waals surface area (Å²) in [4.78, 5) is 20.9. The van der Waals surface area contributed by atoms with Gasteiger partial charge in [-0.2, -0.15) is 0 Å². The van der Waals surface area contributed by atoms with Gasteiger partial charge in [-0.1, -0.05) is 30.3 Å². The molecule has 0 aliphatic rings. The standard InChI is InChI=1S/C27H24N6O/c1-17-6-9-23(12-18(17)2)32-27(34)31-22-5-3-4-20(13-22)21-8-7-19-10-11-33(24(19)14-21)26-15-25(28)29-16-30-26/h3-16H,1-2H3,(H2,28,29,30)(H2,31,32,34). The number of hydrogen-bond acceptors (Lipinski definition) is 4. The van der Waals surface area contributed by atoms with E-state index in [4.69, 9.17) is 5.73 Å². The van der Waals surface area contributed by atoms with Gasteiger partial charge in [0.05, 0.1) is 5.52 Å². The highest BCUT2D eigenvalue weighted by atomic mass is 16.2. The van der Waals surface area contributed by atoms with Gasteiger partial charge in [-0.05, 0) is 72.5 Å². The fourth-order valence-electron chi connectivity index (χ4n) is 3.89. The zero-order valence-corrected chi connectivity index (χ0v) is 18.9. The Hall–Kier alpha value is -4.65. The summed E-state index contributed by atoms with van der Waals surface area (Å²) in [5, 5.41) is 6.90. The van der Waals surface area contributed by atoms with Crippen molar-refractivity contribution in [2.24, 2.45) is 0 Å². The van der Waals surface area contributed by atoms with E-state index in [2.05, 4.69) is 38.8 Å². The molecule has 5 aromatic rings. The predicted molar refractivity (Wildman–Crippen MR) is 137 cm³/mol. The molecule has 168 valence electrons. The van der Waals surface area contributed by atoms with E-state index in [1.165, 1.54) is 11.9 Å². The van der Waals surface area contributed by atoms with Crippen molar-refractivity contribution >= 4 is 34.1 Å². The normalized spacial score (nSPS) is 10.9. The summed E-state index contributed by atoms with van der Waals surface area (Å²) in [6.07, 6.45) is 3.42. The zero-order chi connectivity index (χ0) is 23.7. The van der Waals surface area contributed by atoms with E-state index in [0.29, 0.717) is 17.3 Å². The Morgan fingerprint density at radius 2 is 1.62 bits per heavy atom. The summed E-state index contributed by atoms with van der Waals surface area (Å²) in [6, 6.07) is 23.3. The molecule has 7 heteroatoms. The minimum atomic E-state index is -0.286. The van der Waals surface area contributed by atoms with Gasteiger partial charge in [0, 0.05) is 29.0 Å². The summed E-state index contributed by atoms with van der Waals surface area (Å²) in [6.45, 7) is 4.07. The topological polar surface area (TPSA) is 97.9 Å². The van der Waals surface area contributed by atoms with Crippen molar-refractivity contribution in [3.63, 3.8) is 0 Å². The molecule has 0 atom stereocenters. The minimum Gasteiger partial charge on any atom is -0.384 e. The molecule has 0 aliphatic heterocycles. The molecule has 7 nitrogen and oxygen atoms in total. The van der Waals surface area contributed by atoms with Crippen LogP contribution in [-0.2, 0) is 0 Å². The molecule has 3 aromatic carbocycles. The van der Waals surface area contributed by atoms with Crippen molar-refractivity contribution < 1.29 is 4.79 Å². The second-order valence-electron chi connectivity index (χ2n) is 8.22. The first-order valence-electron chi connectivity index (χ1n) is 10.9. The van der Waals surface area contributed by atoms with Crippen molar-refractivity contribution in [3.8, 4) is 16.9 Å². The zero-order valence-electron chi connectivity index (χ0n) is 18.9. The number of anilines is 3. The van der Waals surface area contributed by atoms with E-state index in [9.17, 15) is 4.79 Å². The first kappa shape index (κ1) is 21.2. The van der Waals surface area contributed by atoms with Gasteiger partial charge in [-0.15, -0.1) is 0 Å². The molecule has 2 heterocycles. The Balaban J connectivity index is 1.40. The van der Waals surface area contributed by atoms with Crippen molar-refractivity contribution in [2.45, 2.75) is 13.8 Å². The molecule has 0 bridgehead atoms. The van der Waals surface area contributed by atoms with Crippen LogP contribution in [0.5, 0.6) is 0 Å². The van der Waals surface area contributed by atoms with Crippen LogP contribution in [0.2, 0.25) is 0 Å². The van der Waals surface area contributed by atoms with Crippen LogP contribution in [0.1, 0.15) is 11.1 Å². The molecule has 2 amide bonds. The third kappa shape index (κ3) is 4.31. The van der Waals surface area contributed by atoms with Crippen molar-refractivity contribution in [2.75, 3.05) is 16.4 Å². The number of fused-ring (bicyclic) bond motifs is 1. The highest BCUT2D eigenvalue weighted by Crippen LogP contribution is 2.28. The van der Waals surface area contributed by atoms with Crippen LogP contribution in [0.25, 0.3) is 27.8 Å². The van der Waals surface area contributed by atoms with Crippen LogP contribution in [0.15, 0.2) is 85.3 Å². The fraction of sp³-hybridized carbons (Fsp3) is 0.0741. The average molecular weight is 449 g/mol. The number of aromatic nitrogens is 3. The number of aryl methyl sites for hydroxylation is 2. The highest BCUT2D eigenvalue weighted by molar-refractivity contribution is 6.00. The molecule has 0 spiro atoms. The maximum Gasteiger partial charge on any atom is 0.323 e. The molecule has 5 rings (SSSR count). The maximum absolute atomic E-state index is 12.5. The summed E-state index contributed by atoms with van der Waals surface area (Å²) in [5.74, 6) is 1.12. The summed E-state index contributed by atoms with van der Waals surface area (Å²) >= 11 is 0. The van der Waals surface area contributed by atoms with E-state index in [0.717, 1.165) is 33.3 Å². The Bertz CT molecular complexity index is 1520. The number of hydrogen-bond donors (Lipinski definition) is 3. The van der Waals surface area contributed by atoms with Crippen LogP contribution < -0.4 is 16.4 Å². The Morgan fingerprint density at radius 3 is 2.41 bits per heavy atom. The monoisotopic (exact) mass is 448 g/mol. The minimum absolute atomic E-state index is 0.286. The molecule has 0 saturated carbocycles. The highest BCUT2D eigenvalue weighted by Gasteiger charge is 2.09. The van der Waals surface area contributed by atoms with Crippen LogP contribution in [-0.4, -0.2) is 20.6 Å². The van der Waals surface area contributed by atoms with E-state index < -0.39 is 0 Å². The number of nitrogen functional groups attached to an aromatic ring is 1. The largest absolute Gasteiger partial charge is 0.384 e. The number of carbonyl (C=O) groups is 1. The molecular formula is C27H24N6O. The fourth-order valence-corrected chi connectivity index (χ4v) is 3.89. The second-order valence-corrected chi connectivity index (χ2v) is 8.22. The number of nitrogens with two attached hydrogens (primary N) is 1. The lowest BCUT2D eigenvalue weighted by Crippen LogP contribution is -2.19. The number of nitrogens with one attached hydrogen (secondary N) is 2.